The topological polar surface area (TPSA) is 46.6 Å². The number of fused-ring (bicyclic) bond motifs is 5. The van der Waals surface area contributed by atoms with E-state index in [9.17, 15) is 9.59 Å². The van der Waals surface area contributed by atoms with Gasteiger partial charge in [0.1, 0.15) is 15.5 Å². The molecule has 2 amide bonds. The maximum absolute atomic E-state index is 13.4. The Morgan fingerprint density at radius 2 is 1.46 bits per heavy atom. The maximum atomic E-state index is 13.4. The second kappa shape index (κ2) is 6.57. The number of carbonyl (C=O) groups excluding carboxylic acids is 2. The van der Waals surface area contributed by atoms with Gasteiger partial charge < -0.3 is 4.74 Å². The van der Waals surface area contributed by atoms with Crippen LogP contribution in [-0.2, 0) is 9.59 Å². The van der Waals surface area contributed by atoms with Crippen molar-refractivity contribution in [3.63, 3.8) is 0 Å². The molecule has 1 aromatic rings. The Morgan fingerprint density at radius 3 is 1.96 bits per heavy atom. The van der Waals surface area contributed by atoms with Crippen molar-refractivity contribution in [2.45, 2.75) is 27.4 Å². The van der Waals surface area contributed by atoms with E-state index in [0.717, 1.165) is 11.3 Å². The molecule has 4 rings (SSSR count). The molecule has 10 heteroatoms. The number of hydrogen-bond acceptors (Lipinski definition) is 3. The van der Waals surface area contributed by atoms with Gasteiger partial charge in [0, 0.05) is 0 Å². The lowest BCUT2D eigenvalue weighted by atomic mass is 9.84. The molecule has 2 aliphatic carbocycles. The summed E-state index contributed by atoms with van der Waals surface area (Å²) in [6.07, 6.45) is 0.757. The number of anilines is 1. The number of allylic oxidation sites excluding steroid dienone is 2. The number of halogens is 6. The first-order valence-electron chi connectivity index (χ1n) is 8.48. The minimum absolute atomic E-state index is 0.115. The summed E-state index contributed by atoms with van der Waals surface area (Å²) in [6, 6.07) is 6.72. The molecule has 2 bridgehead atoms. The first-order chi connectivity index (χ1) is 13.1. The standard InChI is InChI=1S/C18H13Cl6NO3/c1-2-7-28-9-6-4-3-5-8(9)25-14(26)10-11(15(25)27)17(22)13(20)12(19)16(10,21)18(17,23)24/h3-6,10-11H,2,7H2,1H3/t10-,11-,16-,17-/m1/s1. The van der Waals surface area contributed by atoms with Gasteiger partial charge in [-0.2, -0.15) is 0 Å². The fourth-order valence-corrected chi connectivity index (χ4v) is 7.14. The Bertz CT molecular complexity index is 888. The van der Waals surface area contributed by atoms with Crippen LogP contribution in [0.5, 0.6) is 5.75 Å². The second-order valence-corrected chi connectivity index (χ2v) is 10.2. The molecule has 1 aliphatic heterocycles. The third kappa shape index (κ3) is 2.17. The minimum atomic E-state index is -1.94. The largest absolute Gasteiger partial charge is 0.491 e. The van der Waals surface area contributed by atoms with Crippen LogP contribution in [0.15, 0.2) is 34.3 Å². The molecule has 150 valence electrons. The third-order valence-corrected chi connectivity index (χ3v) is 9.74. The number of amides is 2. The molecule has 1 saturated heterocycles. The lowest BCUT2D eigenvalue weighted by Crippen LogP contribution is -2.50. The zero-order valence-electron chi connectivity index (χ0n) is 14.3. The summed E-state index contributed by atoms with van der Waals surface area (Å²) < 4.78 is 3.75. The number of carbonyl (C=O) groups is 2. The van der Waals surface area contributed by atoms with Crippen molar-refractivity contribution in [1.29, 1.82) is 0 Å². The number of ether oxygens (including phenoxy) is 1. The van der Waals surface area contributed by atoms with Gasteiger partial charge >= 0.3 is 0 Å². The average molecular weight is 504 g/mol. The molecule has 1 saturated carbocycles. The van der Waals surface area contributed by atoms with Gasteiger partial charge in [0.25, 0.3) is 0 Å². The third-order valence-electron chi connectivity index (χ3n) is 5.48. The molecule has 4 atom stereocenters. The van der Waals surface area contributed by atoms with Crippen LogP contribution in [0.25, 0.3) is 0 Å². The molecule has 0 aromatic heterocycles. The molecular weight excluding hydrogens is 491 g/mol. The van der Waals surface area contributed by atoms with Gasteiger partial charge in [-0.3, -0.25) is 9.59 Å². The van der Waals surface area contributed by atoms with E-state index in [4.69, 9.17) is 74.3 Å². The Kier molecular flexibility index (Phi) is 4.90. The van der Waals surface area contributed by atoms with Crippen molar-refractivity contribution >= 4 is 87.1 Å². The number of alkyl halides is 4. The smallest absolute Gasteiger partial charge is 0.240 e. The van der Waals surface area contributed by atoms with Crippen LogP contribution in [0.3, 0.4) is 0 Å². The molecule has 0 radical (unpaired) electrons. The van der Waals surface area contributed by atoms with Gasteiger partial charge in [-0.25, -0.2) is 4.90 Å². The van der Waals surface area contributed by atoms with Gasteiger partial charge in [0.05, 0.1) is 34.2 Å². The average Bonchev–Trinajstić information content (AvgIpc) is 3.04. The summed E-state index contributed by atoms with van der Waals surface area (Å²) in [5.74, 6) is -3.15. The zero-order chi connectivity index (χ0) is 20.6. The van der Waals surface area contributed by atoms with Crippen LogP contribution in [-0.4, -0.2) is 32.5 Å². The molecule has 4 nitrogen and oxygen atoms in total. The van der Waals surface area contributed by atoms with Crippen LogP contribution in [0.4, 0.5) is 5.69 Å². The first-order valence-corrected chi connectivity index (χ1v) is 10.7. The van der Waals surface area contributed by atoms with E-state index in [1.54, 1.807) is 24.3 Å². The minimum Gasteiger partial charge on any atom is -0.491 e. The summed E-state index contributed by atoms with van der Waals surface area (Å²) in [4.78, 5) is 24.1. The van der Waals surface area contributed by atoms with Crippen molar-refractivity contribution < 1.29 is 14.3 Å². The van der Waals surface area contributed by atoms with Crippen LogP contribution in [0.2, 0.25) is 0 Å². The zero-order valence-corrected chi connectivity index (χ0v) is 18.9. The number of para-hydroxylation sites is 2. The van der Waals surface area contributed by atoms with E-state index in [0.29, 0.717) is 18.0 Å². The second-order valence-electron chi connectivity index (χ2n) is 6.91. The molecule has 28 heavy (non-hydrogen) atoms. The molecule has 0 N–H and O–H groups in total. The summed E-state index contributed by atoms with van der Waals surface area (Å²) in [6.45, 7) is 2.37. The Hall–Kier alpha value is -0.360. The van der Waals surface area contributed by atoms with Gasteiger partial charge in [-0.1, -0.05) is 65.5 Å². The van der Waals surface area contributed by atoms with E-state index in [1.165, 1.54) is 0 Å². The molecular formula is C18H13Cl6NO3. The fourth-order valence-electron chi connectivity index (χ4n) is 4.21. The highest BCUT2D eigenvalue weighted by Gasteiger charge is 2.87. The highest BCUT2D eigenvalue weighted by molar-refractivity contribution is 6.67. The normalized spacial score (nSPS) is 35.8. The Balaban J connectivity index is 1.85. The predicted molar refractivity (Wildman–Crippen MR) is 112 cm³/mol. The van der Waals surface area contributed by atoms with Crippen molar-refractivity contribution in [3.05, 3.63) is 34.3 Å². The van der Waals surface area contributed by atoms with Crippen LogP contribution >= 0.6 is 69.6 Å². The van der Waals surface area contributed by atoms with Crippen molar-refractivity contribution in [2.75, 3.05) is 11.5 Å². The number of hydrogen-bond donors (Lipinski definition) is 0. The first kappa shape index (κ1) is 20.9. The number of imide groups is 1. The Labute approximate surface area is 191 Å². The Morgan fingerprint density at radius 1 is 0.964 bits per heavy atom. The number of nitrogens with zero attached hydrogens (tertiary/aromatic N) is 1. The summed E-state index contributed by atoms with van der Waals surface area (Å²) >= 11 is 39.0. The molecule has 1 aromatic carbocycles. The van der Waals surface area contributed by atoms with Crippen molar-refractivity contribution in [1.82, 2.24) is 0 Å². The van der Waals surface area contributed by atoms with E-state index in [1.807, 2.05) is 6.92 Å². The van der Waals surface area contributed by atoms with E-state index >= 15 is 0 Å². The lowest BCUT2D eigenvalue weighted by molar-refractivity contribution is -0.123. The molecule has 3 aliphatic rings. The quantitative estimate of drug-likeness (QED) is 0.407. The fraction of sp³-hybridized carbons (Fsp3) is 0.444. The molecule has 0 unspecified atom stereocenters. The van der Waals surface area contributed by atoms with Crippen LogP contribution < -0.4 is 9.64 Å². The van der Waals surface area contributed by atoms with Crippen molar-refractivity contribution in [3.8, 4) is 5.75 Å². The van der Waals surface area contributed by atoms with E-state index in [2.05, 4.69) is 0 Å². The van der Waals surface area contributed by atoms with E-state index in [-0.39, 0.29) is 10.1 Å². The predicted octanol–water partition coefficient (Wildman–Crippen LogP) is 5.43. The summed E-state index contributed by atoms with van der Waals surface area (Å²) in [7, 11) is 0. The summed E-state index contributed by atoms with van der Waals surface area (Å²) in [5.41, 5.74) is 0.294. The SMILES string of the molecule is CCCOc1ccccc1N1C(=O)[C@H]2[C@H](C1=O)[C@@]1(Cl)C(Cl)=C(Cl)[C@@]2(Cl)C1(Cl)Cl. The maximum Gasteiger partial charge on any atom is 0.240 e. The number of rotatable bonds is 4. The van der Waals surface area contributed by atoms with Gasteiger partial charge in [0.15, 0.2) is 4.33 Å². The lowest BCUT2D eigenvalue weighted by Gasteiger charge is -2.34. The number of benzene rings is 1. The van der Waals surface area contributed by atoms with Gasteiger partial charge in [0.2, 0.25) is 11.8 Å². The highest BCUT2D eigenvalue weighted by Crippen LogP contribution is 2.77. The van der Waals surface area contributed by atoms with Gasteiger partial charge in [-0.15, -0.1) is 23.2 Å². The highest BCUT2D eigenvalue weighted by atomic mass is 35.5. The van der Waals surface area contributed by atoms with Crippen LogP contribution in [0.1, 0.15) is 13.3 Å². The molecule has 2 fully saturated rings. The van der Waals surface area contributed by atoms with Crippen molar-refractivity contribution in [2.24, 2.45) is 11.8 Å². The van der Waals surface area contributed by atoms with Gasteiger partial charge in [-0.05, 0) is 18.6 Å². The molecule has 0 spiro atoms. The summed E-state index contributed by atoms with van der Waals surface area (Å²) in [5, 5.41) is -0.230. The van der Waals surface area contributed by atoms with Crippen LogP contribution in [0, 0.1) is 11.8 Å². The monoisotopic (exact) mass is 501 g/mol. The molecule has 1 heterocycles. The van der Waals surface area contributed by atoms with E-state index < -0.39 is 37.7 Å².